The minimum absolute atomic E-state index is 0.180. The number of anilines is 5. The van der Waals surface area contributed by atoms with Crippen LogP contribution in [0.15, 0.2) is 151 Å². The highest BCUT2D eigenvalue weighted by atomic mass is 15.2. The molecule has 0 fully saturated rings. The maximum atomic E-state index is 2.64. The van der Waals surface area contributed by atoms with Gasteiger partial charge in [0, 0.05) is 45.0 Å². The summed E-state index contributed by atoms with van der Waals surface area (Å²) in [4.78, 5) is 4.96. The summed E-state index contributed by atoms with van der Waals surface area (Å²) in [6.45, 7) is 19.4. The van der Waals surface area contributed by atoms with Gasteiger partial charge in [0.1, 0.15) is 0 Å². The highest BCUT2D eigenvalue weighted by Crippen LogP contribution is 2.59. The normalized spacial score (nSPS) is 16.3. The number of rotatable bonds is 12. The second-order valence-corrected chi connectivity index (χ2v) is 19.0. The minimum Gasteiger partial charge on any atom is -0.311 e. The van der Waals surface area contributed by atoms with Crippen molar-refractivity contribution in [3.63, 3.8) is 0 Å². The molecule has 2 atom stereocenters. The van der Waals surface area contributed by atoms with E-state index in [4.69, 9.17) is 0 Å². The Morgan fingerprint density at radius 3 is 1.30 bits per heavy atom. The molecule has 60 heavy (non-hydrogen) atoms. The molecule has 3 aliphatic rings. The van der Waals surface area contributed by atoms with Crippen LogP contribution in [-0.2, 0) is 23.7 Å². The molecule has 6 aromatic carbocycles. The van der Waals surface area contributed by atoms with E-state index in [1.165, 1.54) is 89.8 Å². The van der Waals surface area contributed by atoms with Gasteiger partial charge in [-0.15, -0.1) is 0 Å². The lowest BCUT2D eigenvalue weighted by Gasteiger charge is -2.31. The zero-order valence-electron chi connectivity index (χ0n) is 37.1. The molecular formula is C58H62N2. The first-order chi connectivity index (χ1) is 29.0. The van der Waals surface area contributed by atoms with E-state index in [0.29, 0.717) is 11.8 Å². The maximum absolute atomic E-state index is 2.64. The Balaban J connectivity index is 1.25. The van der Waals surface area contributed by atoms with Gasteiger partial charge in [0.25, 0.3) is 0 Å². The Kier molecular flexibility index (Phi) is 10.5. The van der Waals surface area contributed by atoms with Crippen LogP contribution in [0.2, 0.25) is 0 Å². The molecule has 2 unspecified atom stereocenters. The Hall–Kier alpha value is -5.60. The molecule has 9 rings (SSSR count). The summed E-state index contributed by atoms with van der Waals surface area (Å²) in [6.07, 6.45) is 13.6. The first kappa shape index (κ1) is 39.8. The van der Waals surface area contributed by atoms with Gasteiger partial charge in [0.2, 0.25) is 0 Å². The fourth-order valence-corrected chi connectivity index (χ4v) is 10.3. The maximum Gasteiger partial charge on any atom is 0.0467 e. The van der Waals surface area contributed by atoms with Crippen molar-refractivity contribution in [3.05, 3.63) is 185 Å². The number of allylic oxidation sites excluding steroid dienone is 3. The summed E-state index contributed by atoms with van der Waals surface area (Å²) in [5, 5.41) is 0. The third kappa shape index (κ3) is 6.83. The van der Waals surface area contributed by atoms with Crippen LogP contribution in [0.25, 0.3) is 22.3 Å². The molecular weight excluding hydrogens is 725 g/mol. The lowest BCUT2D eigenvalue weighted by molar-refractivity contribution is 0.560. The molecule has 6 aromatic rings. The topological polar surface area (TPSA) is 6.48 Å². The highest BCUT2D eigenvalue weighted by Gasteiger charge is 2.44. The van der Waals surface area contributed by atoms with E-state index < -0.39 is 0 Å². The number of fused-ring (bicyclic) bond motifs is 6. The van der Waals surface area contributed by atoms with Crippen LogP contribution in [0.4, 0.5) is 28.4 Å². The monoisotopic (exact) mass is 786 g/mol. The molecule has 0 aliphatic heterocycles. The number of hydrogen-bond donors (Lipinski definition) is 0. The van der Waals surface area contributed by atoms with Gasteiger partial charge in [-0.25, -0.2) is 0 Å². The average Bonchev–Trinajstić information content (AvgIpc) is 3.63. The number of hydrogen-bond acceptors (Lipinski definition) is 2. The second-order valence-electron chi connectivity index (χ2n) is 19.0. The Morgan fingerprint density at radius 1 is 0.483 bits per heavy atom. The van der Waals surface area contributed by atoms with E-state index in [9.17, 15) is 0 Å². The predicted molar refractivity (Wildman–Crippen MR) is 258 cm³/mol. The van der Waals surface area contributed by atoms with Gasteiger partial charge >= 0.3 is 0 Å². The first-order valence-corrected chi connectivity index (χ1v) is 22.7. The summed E-state index contributed by atoms with van der Waals surface area (Å²) in [7, 11) is 0. The summed E-state index contributed by atoms with van der Waals surface area (Å²) in [5.74, 6) is 1.14. The van der Waals surface area contributed by atoms with Crippen LogP contribution >= 0.6 is 0 Å². The van der Waals surface area contributed by atoms with E-state index in [2.05, 4.69) is 211 Å². The quantitative estimate of drug-likeness (QED) is 0.122. The van der Waals surface area contributed by atoms with Crippen molar-refractivity contribution in [1.29, 1.82) is 0 Å². The number of nitrogens with zero attached hydrogens (tertiary/aromatic N) is 2. The SMILES string of the molecule is CCC(C)Cc1cc(N(C2=CCCC=C2)c2ccccc2)cc2c1-c1cc3c(cc1C2(C)C)-c1c(CC(C)CC)cc(N(c2ccccc2)c2ccccc2)cc1C3(C)C. The van der Waals surface area contributed by atoms with Crippen molar-refractivity contribution in [2.75, 3.05) is 9.80 Å². The zero-order valence-corrected chi connectivity index (χ0v) is 37.1. The highest BCUT2D eigenvalue weighted by molar-refractivity contribution is 5.94. The largest absolute Gasteiger partial charge is 0.311 e. The van der Waals surface area contributed by atoms with E-state index in [1.807, 2.05) is 0 Å². The van der Waals surface area contributed by atoms with Crippen LogP contribution < -0.4 is 9.80 Å². The van der Waals surface area contributed by atoms with Crippen molar-refractivity contribution in [3.8, 4) is 22.3 Å². The van der Waals surface area contributed by atoms with Crippen LogP contribution in [0, 0.1) is 11.8 Å². The van der Waals surface area contributed by atoms with Crippen molar-refractivity contribution >= 4 is 28.4 Å². The molecule has 0 saturated carbocycles. The predicted octanol–water partition coefficient (Wildman–Crippen LogP) is 16.3. The third-order valence-electron chi connectivity index (χ3n) is 14.1. The molecule has 0 heterocycles. The molecule has 0 saturated heterocycles. The van der Waals surface area contributed by atoms with Crippen LogP contribution in [-0.4, -0.2) is 0 Å². The van der Waals surface area contributed by atoms with Crippen LogP contribution in [0.3, 0.4) is 0 Å². The second kappa shape index (κ2) is 15.8. The smallest absolute Gasteiger partial charge is 0.0467 e. The molecule has 2 heteroatoms. The Bertz CT molecular complexity index is 2550. The first-order valence-electron chi connectivity index (χ1n) is 22.7. The van der Waals surface area contributed by atoms with Crippen molar-refractivity contribution < 1.29 is 0 Å². The lowest BCUT2D eigenvalue weighted by Crippen LogP contribution is -2.20. The van der Waals surface area contributed by atoms with E-state index in [-0.39, 0.29) is 10.8 Å². The molecule has 0 bridgehead atoms. The van der Waals surface area contributed by atoms with Gasteiger partial charge in [-0.1, -0.05) is 135 Å². The lowest BCUT2D eigenvalue weighted by atomic mass is 9.79. The van der Waals surface area contributed by atoms with Crippen molar-refractivity contribution in [2.24, 2.45) is 11.8 Å². The summed E-state index contributed by atoms with van der Waals surface area (Å²) in [6, 6.07) is 48.2. The van der Waals surface area contributed by atoms with E-state index in [1.54, 1.807) is 0 Å². The fraction of sp³-hybridized carbons (Fsp3) is 0.310. The van der Waals surface area contributed by atoms with Gasteiger partial charge in [0.15, 0.2) is 0 Å². The van der Waals surface area contributed by atoms with Gasteiger partial charge in [0.05, 0.1) is 0 Å². The molecule has 2 nitrogen and oxygen atoms in total. The standard InChI is InChI=1S/C58H62N2/c1-9-39(3)31-41-33-47(59(43-23-15-11-16-24-43)44-25-17-12-18-26-44)35-53-55(41)49-37-52-50(38-51(49)57(53,5)6)56-42(32-40(4)10-2)34-48(36-54(56)58(52,7)8)60(45-27-19-13-20-28-45)46-29-21-14-22-30-46/h11-13,15-21,23-30,33-40H,9-10,14,22,31-32H2,1-8H3. The summed E-state index contributed by atoms with van der Waals surface area (Å²) in [5.41, 5.74) is 21.5. The Morgan fingerprint density at radius 2 is 0.900 bits per heavy atom. The van der Waals surface area contributed by atoms with Gasteiger partial charge < -0.3 is 9.80 Å². The van der Waals surface area contributed by atoms with Crippen LogP contribution in [0.5, 0.6) is 0 Å². The average molecular weight is 787 g/mol. The minimum atomic E-state index is -0.188. The Labute approximate surface area is 360 Å². The van der Waals surface area contributed by atoms with Crippen molar-refractivity contribution in [1.82, 2.24) is 0 Å². The zero-order chi connectivity index (χ0) is 41.8. The fourth-order valence-electron chi connectivity index (χ4n) is 10.3. The van der Waals surface area contributed by atoms with Crippen LogP contribution in [0.1, 0.15) is 114 Å². The number of para-hydroxylation sites is 3. The number of benzene rings is 6. The van der Waals surface area contributed by atoms with Gasteiger partial charge in [-0.05, 0) is 172 Å². The third-order valence-corrected chi connectivity index (χ3v) is 14.1. The van der Waals surface area contributed by atoms with E-state index in [0.717, 1.165) is 38.5 Å². The van der Waals surface area contributed by atoms with Crippen molar-refractivity contribution in [2.45, 2.75) is 105 Å². The molecule has 0 N–H and O–H groups in total. The summed E-state index contributed by atoms with van der Waals surface area (Å²) >= 11 is 0. The van der Waals surface area contributed by atoms with Gasteiger partial charge in [-0.3, -0.25) is 0 Å². The molecule has 304 valence electrons. The van der Waals surface area contributed by atoms with E-state index >= 15 is 0 Å². The summed E-state index contributed by atoms with van der Waals surface area (Å²) < 4.78 is 0. The molecule has 3 aliphatic carbocycles. The molecule has 0 aromatic heterocycles. The molecule has 0 amide bonds. The molecule has 0 spiro atoms. The molecule has 0 radical (unpaired) electrons. The van der Waals surface area contributed by atoms with Gasteiger partial charge in [-0.2, -0.15) is 0 Å².